The summed E-state index contributed by atoms with van der Waals surface area (Å²) in [5, 5.41) is 5.41. The summed E-state index contributed by atoms with van der Waals surface area (Å²) in [6.07, 6.45) is 1.21. The van der Waals surface area contributed by atoms with Crippen LogP contribution < -0.4 is 11.1 Å². The number of fused-ring (bicyclic) bond motifs is 1. The zero-order valence-electron chi connectivity index (χ0n) is 9.51. The van der Waals surface area contributed by atoms with Gasteiger partial charge in [0.25, 0.3) is 0 Å². The smallest absolute Gasteiger partial charge is 0.222 e. The summed E-state index contributed by atoms with van der Waals surface area (Å²) < 4.78 is 6.58. The average Bonchev–Trinajstić information content (AvgIpc) is 2.88. The van der Waals surface area contributed by atoms with Crippen molar-refractivity contribution in [2.75, 3.05) is 17.7 Å². The van der Waals surface area contributed by atoms with Crippen molar-refractivity contribution in [2.24, 2.45) is 0 Å². The highest BCUT2D eigenvalue weighted by Crippen LogP contribution is 2.28. The van der Waals surface area contributed by atoms with Crippen LogP contribution in [0.4, 0.5) is 11.8 Å². The first-order chi connectivity index (χ1) is 8.24. The van der Waals surface area contributed by atoms with Crippen molar-refractivity contribution in [3.63, 3.8) is 0 Å². The van der Waals surface area contributed by atoms with Crippen LogP contribution in [0.5, 0.6) is 0 Å². The minimum absolute atomic E-state index is 0.209. The van der Waals surface area contributed by atoms with E-state index in [2.05, 4.69) is 22.2 Å². The normalized spacial score (nSPS) is 24.3. The van der Waals surface area contributed by atoms with Crippen LogP contribution in [0.1, 0.15) is 13.3 Å². The van der Waals surface area contributed by atoms with E-state index in [0.717, 1.165) is 29.1 Å². The molecule has 0 saturated carbocycles. The minimum atomic E-state index is 0.209. The monoisotopic (exact) mass is 250 g/mol. The molecule has 3 N–H and O–H groups in total. The first-order valence-electron chi connectivity index (χ1n) is 5.63. The van der Waals surface area contributed by atoms with Crippen LogP contribution in [0.15, 0.2) is 11.4 Å². The lowest BCUT2D eigenvalue weighted by molar-refractivity contribution is 0.121. The van der Waals surface area contributed by atoms with Crippen LogP contribution in [0.2, 0.25) is 0 Å². The number of thiophene rings is 1. The molecule has 0 aromatic carbocycles. The number of rotatable bonds is 2. The van der Waals surface area contributed by atoms with Crippen LogP contribution in [0.3, 0.4) is 0 Å². The van der Waals surface area contributed by atoms with Crippen LogP contribution >= 0.6 is 11.3 Å². The van der Waals surface area contributed by atoms with Crippen molar-refractivity contribution in [1.29, 1.82) is 0 Å². The third-order valence-corrected chi connectivity index (χ3v) is 3.93. The molecule has 5 nitrogen and oxygen atoms in total. The number of hydrogen-bond donors (Lipinski definition) is 2. The molecular formula is C11H14N4OS. The van der Waals surface area contributed by atoms with Crippen molar-refractivity contribution in [1.82, 2.24) is 9.97 Å². The van der Waals surface area contributed by atoms with Crippen LogP contribution in [-0.4, -0.2) is 28.7 Å². The Morgan fingerprint density at radius 3 is 3.18 bits per heavy atom. The van der Waals surface area contributed by atoms with Gasteiger partial charge in [-0.05, 0) is 24.8 Å². The van der Waals surface area contributed by atoms with Crippen LogP contribution in [0, 0.1) is 0 Å². The summed E-state index contributed by atoms with van der Waals surface area (Å²) in [4.78, 5) is 8.48. The van der Waals surface area contributed by atoms with Crippen LogP contribution in [0.25, 0.3) is 10.2 Å². The predicted octanol–water partition coefficient (Wildman–Crippen LogP) is 1.86. The number of anilines is 2. The third kappa shape index (κ3) is 1.94. The lowest BCUT2D eigenvalue weighted by Gasteiger charge is -2.17. The van der Waals surface area contributed by atoms with Gasteiger partial charge in [-0.2, -0.15) is 4.98 Å². The van der Waals surface area contributed by atoms with E-state index in [-0.39, 0.29) is 6.10 Å². The maximum Gasteiger partial charge on any atom is 0.222 e. The van der Waals surface area contributed by atoms with Crippen molar-refractivity contribution >= 4 is 33.3 Å². The molecule has 0 bridgehead atoms. The van der Waals surface area contributed by atoms with Gasteiger partial charge < -0.3 is 15.8 Å². The van der Waals surface area contributed by atoms with E-state index in [1.165, 1.54) is 0 Å². The molecular weight excluding hydrogens is 236 g/mol. The Bertz CT molecular complexity index is 541. The first-order valence-corrected chi connectivity index (χ1v) is 6.51. The molecule has 3 rings (SSSR count). The Hall–Kier alpha value is -1.40. The highest BCUT2D eigenvalue weighted by Gasteiger charge is 2.25. The van der Waals surface area contributed by atoms with E-state index in [1.807, 2.05) is 11.4 Å². The highest BCUT2D eigenvalue weighted by atomic mass is 32.1. The largest absolute Gasteiger partial charge is 0.376 e. The third-order valence-electron chi connectivity index (χ3n) is 3.02. The first kappa shape index (κ1) is 10.7. The fourth-order valence-electron chi connectivity index (χ4n) is 2.08. The number of nitrogen functional groups attached to an aromatic ring is 1. The van der Waals surface area contributed by atoms with E-state index < -0.39 is 0 Å². The molecule has 2 aromatic rings. The summed E-state index contributed by atoms with van der Waals surface area (Å²) in [5.74, 6) is 1.13. The molecule has 1 saturated heterocycles. The van der Waals surface area contributed by atoms with Gasteiger partial charge in [0.05, 0.1) is 22.4 Å². The molecule has 1 aliphatic rings. The van der Waals surface area contributed by atoms with E-state index >= 15 is 0 Å². The van der Waals surface area contributed by atoms with Gasteiger partial charge in [0.2, 0.25) is 5.95 Å². The number of ether oxygens (including phenoxy) is 1. The summed E-state index contributed by atoms with van der Waals surface area (Å²) >= 11 is 1.62. The van der Waals surface area contributed by atoms with Gasteiger partial charge in [0.15, 0.2) is 0 Å². The molecule has 0 radical (unpaired) electrons. The van der Waals surface area contributed by atoms with Gasteiger partial charge in [-0.15, -0.1) is 11.3 Å². The van der Waals surface area contributed by atoms with Gasteiger partial charge in [0, 0.05) is 6.61 Å². The van der Waals surface area contributed by atoms with E-state index in [0.29, 0.717) is 12.0 Å². The number of nitrogens with zero attached hydrogens (tertiary/aromatic N) is 2. The molecule has 1 fully saturated rings. The predicted molar refractivity (Wildman–Crippen MR) is 69.3 cm³/mol. The second-order valence-electron chi connectivity index (χ2n) is 4.18. The van der Waals surface area contributed by atoms with Crippen molar-refractivity contribution in [3.8, 4) is 0 Å². The highest BCUT2D eigenvalue weighted by molar-refractivity contribution is 7.17. The minimum Gasteiger partial charge on any atom is -0.376 e. The molecule has 1 aliphatic heterocycles. The molecule has 0 aliphatic carbocycles. The second-order valence-corrected chi connectivity index (χ2v) is 5.10. The molecule has 2 atom stereocenters. The number of aromatic nitrogens is 2. The average molecular weight is 250 g/mol. The summed E-state index contributed by atoms with van der Waals surface area (Å²) in [6.45, 7) is 2.87. The lowest BCUT2D eigenvalue weighted by Crippen LogP contribution is -2.27. The lowest BCUT2D eigenvalue weighted by atomic mass is 10.1. The topological polar surface area (TPSA) is 73.1 Å². The molecule has 2 aromatic heterocycles. The maximum absolute atomic E-state index is 5.70. The molecule has 90 valence electrons. The maximum atomic E-state index is 5.70. The zero-order valence-corrected chi connectivity index (χ0v) is 10.3. The Kier molecular flexibility index (Phi) is 2.60. The molecule has 17 heavy (non-hydrogen) atoms. The van der Waals surface area contributed by atoms with Crippen LogP contribution in [-0.2, 0) is 4.74 Å². The van der Waals surface area contributed by atoms with Gasteiger partial charge in [-0.25, -0.2) is 4.98 Å². The molecule has 2 unspecified atom stereocenters. The Balaban J connectivity index is 1.96. The van der Waals surface area contributed by atoms with E-state index in [1.54, 1.807) is 11.3 Å². The Labute approximate surface area is 103 Å². The summed E-state index contributed by atoms with van der Waals surface area (Å²) in [5.41, 5.74) is 6.60. The van der Waals surface area contributed by atoms with E-state index in [4.69, 9.17) is 10.5 Å². The quantitative estimate of drug-likeness (QED) is 0.851. The number of nitrogens with one attached hydrogen (secondary N) is 1. The van der Waals surface area contributed by atoms with Gasteiger partial charge in [-0.3, -0.25) is 0 Å². The molecule has 0 spiro atoms. The van der Waals surface area contributed by atoms with Gasteiger partial charge in [-0.1, -0.05) is 0 Å². The zero-order chi connectivity index (χ0) is 11.8. The Morgan fingerprint density at radius 1 is 1.53 bits per heavy atom. The number of hydrogen-bond acceptors (Lipinski definition) is 6. The van der Waals surface area contributed by atoms with E-state index in [9.17, 15) is 0 Å². The fraction of sp³-hybridized carbons (Fsp3) is 0.455. The second kappa shape index (κ2) is 4.12. The van der Waals surface area contributed by atoms with Crippen molar-refractivity contribution in [3.05, 3.63) is 11.4 Å². The standard InChI is InChI=1S/C11H14N4OS/c1-6-7(2-4-16-6)13-10-9-8(3-5-17-9)14-11(12)15-10/h3,5-7H,2,4H2,1H3,(H3,12,13,14,15). The fourth-order valence-corrected chi connectivity index (χ4v) is 2.86. The SMILES string of the molecule is CC1OCCC1Nc1nc(N)nc2ccsc12. The summed E-state index contributed by atoms with van der Waals surface area (Å²) in [7, 11) is 0. The van der Waals surface area contributed by atoms with Crippen molar-refractivity contribution < 1.29 is 4.74 Å². The van der Waals surface area contributed by atoms with Gasteiger partial charge >= 0.3 is 0 Å². The molecule has 0 amide bonds. The number of nitrogens with two attached hydrogens (primary N) is 1. The van der Waals surface area contributed by atoms with Crippen molar-refractivity contribution in [2.45, 2.75) is 25.5 Å². The summed E-state index contributed by atoms with van der Waals surface area (Å²) in [6, 6.07) is 2.26. The molecule has 3 heterocycles. The Morgan fingerprint density at radius 2 is 2.41 bits per heavy atom. The van der Waals surface area contributed by atoms with Gasteiger partial charge in [0.1, 0.15) is 5.82 Å². The molecule has 6 heteroatoms.